The molecule has 0 saturated heterocycles. The first-order valence-electron chi connectivity index (χ1n) is 6.35. The predicted octanol–water partition coefficient (Wildman–Crippen LogP) is 1.57. The highest BCUT2D eigenvalue weighted by Crippen LogP contribution is 2.13. The van der Waals surface area contributed by atoms with Crippen LogP contribution in [-0.4, -0.2) is 38.0 Å². The quantitative estimate of drug-likeness (QED) is 0.656. The van der Waals surface area contributed by atoms with Crippen LogP contribution < -0.4 is 10.1 Å². The summed E-state index contributed by atoms with van der Waals surface area (Å²) < 4.78 is 10.6. The van der Waals surface area contributed by atoms with Crippen molar-refractivity contribution in [2.75, 3.05) is 26.8 Å². The molecule has 0 spiro atoms. The maximum Gasteiger partial charge on any atom is 0.119 e. The molecule has 0 radical (unpaired) electrons. The van der Waals surface area contributed by atoms with Crippen molar-refractivity contribution in [3.8, 4) is 5.75 Å². The number of methoxy groups -OCH3 is 1. The van der Waals surface area contributed by atoms with E-state index in [2.05, 4.69) is 12.2 Å². The summed E-state index contributed by atoms with van der Waals surface area (Å²) in [5.41, 5.74) is 1.04. The van der Waals surface area contributed by atoms with Crippen LogP contribution in [0.2, 0.25) is 0 Å². The number of hydrogen-bond donors (Lipinski definition) is 2. The zero-order chi connectivity index (χ0) is 13.2. The SMILES string of the molecule is CCCNCC(O)COCc1cccc(OC)c1. The maximum atomic E-state index is 9.64. The molecule has 1 aromatic carbocycles. The Morgan fingerprint density at radius 1 is 1.39 bits per heavy atom. The monoisotopic (exact) mass is 253 g/mol. The standard InChI is InChI=1S/C14H23NO3/c1-3-7-15-9-13(16)11-18-10-12-5-4-6-14(8-12)17-2/h4-6,8,13,15-16H,3,7,9-11H2,1-2H3. The van der Waals surface area contributed by atoms with E-state index in [1.54, 1.807) is 7.11 Å². The summed E-state index contributed by atoms with van der Waals surface area (Å²) in [5.74, 6) is 0.821. The lowest BCUT2D eigenvalue weighted by atomic mass is 10.2. The zero-order valence-corrected chi connectivity index (χ0v) is 11.2. The summed E-state index contributed by atoms with van der Waals surface area (Å²) in [4.78, 5) is 0. The van der Waals surface area contributed by atoms with Gasteiger partial charge in [0, 0.05) is 6.54 Å². The first-order chi connectivity index (χ1) is 8.76. The van der Waals surface area contributed by atoms with Gasteiger partial charge in [-0.2, -0.15) is 0 Å². The van der Waals surface area contributed by atoms with Gasteiger partial charge in [-0.25, -0.2) is 0 Å². The Kier molecular flexibility index (Phi) is 7.41. The highest BCUT2D eigenvalue weighted by Gasteiger charge is 2.03. The molecule has 0 bridgehead atoms. The molecule has 102 valence electrons. The normalized spacial score (nSPS) is 12.4. The van der Waals surface area contributed by atoms with E-state index < -0.39 is 6.10 Å². The molecule has 1 aromatic rings. The zero-order valence-electron chi connectivity index (χ0n) is 11.2. The second-order valence-electron chi connectivity index (χ2n) is 4.22. The van der Waals surface area contributed by atoms with Gasteiger partial charge in [-0.05, 0) is 30.7 Å². The fraction of sp³-hybridized carbons (Fsp3) is 0.571. The number of ether oxygens (including phenoxy) is 2. The molecule has 18 heavy (non-hydrogen) atoms. The molecule has 0 aliphatic rings. The Hall–Kier alpha value is -1.10. The van der Waals surface area contributed by atoms with Crippen LogP contribution in [-0.2, 0) is 11.3 Å². The second kappa shape index (κ2) is 8.91. The number of benzene rings is 1. The van der Waals surface area contributed by atoms with Crippen LogP contribution in [0.5, 0.6) is 5.75 Å². The molecular formula is C14H23NO3. The number of aliphatic hydroxyl groups is 1. The molecule has 1 atom stereocenters. The van der Waals surface area contributed by atoms with Crippen LogP contribution in [0.4, 0.5) is 0 Å². The highest BCUT2D eigenvalue weighted by atomic mass is 16.5. The average Bonchev–Trinajstić information content (AvgIpc) is 2.39. The first kappa shape index (κ1) is 15.0. The van der Waals surface area contributed by atoms with E-state index in [9.17, 15) is 5.11 Å². The van der Waals surface area contributed by atoms with Crippen molar-refractivity contribution in [1.82, 2.24) is 5.32 Å². The van der Waals surface area contributed by atoms with E-state index in [1.807, 2.05) is 24.3 Å². The molecular weight excluding hydrogens is 230 g/mol. The van der Waals surface area contributed by atoms with Crippen LogP contribution in [0.15, 0.2) is 24.3 Å². The average molecular weight is 253 g/mol. The van der Waals surface area contributed by atoms with Crippen LogP contribution >= 0.6 is 0 Å². The van der Waals surface area contributed by atoms with Gasteiger partial charge in [0.15, 0.2) is 0 Å². The van der Waals surface area contributed by atoms with E-state index >= 15 is 0 Å². The third-order valence-corrected chi connectivity index (χ3v) is 2.52. The number of aliphatic hydroxyl groups excluding tert-OH is 1. The Balaban J connectivity index is 2.20. The molecule has 0 aliphatic carbocycles. The molecule has 0 aliphatic heterocycles. The molecule has 0 fully saturated rings. The van der Waals surface area contributed by atoms with E-state index in [1.165, 1.54) is 0 Å². The molecule has 0 saturated carbocycles. The Morgan fingerprint density at radius 2 is 2.22 bits per heavy atom. The van der Waals surface area contributed by atoms with Crippen LogP contribution in [0, 0.1) is 0 Å². The summed E-state index contributed by atoms with van der Waals surface area (Å²) in [7, 11) is 1.64. The fourth-order valence-corrected chi connectivity index (χ4v) is 1.58. The molecule has 0 amide bonds. The summed E-state index contributed by atoms with van der Waals surface area (Å²) in [6, 6.07) is 7.73. The van der Waals surface area contributed by atoms with Gasteiger partial charge in [0.1, 0.15) is 5.75 Å². The predicted molar refractivity (Wildman–Crippen MR) is 71.8 cm³/mol. The molecule has 1 unspecified atom stereocenters. The van der Waals surface area contributed by atoms with Gasteiger partial charge in [-0.3, -0.25) is 0 Å². The molecule has 4 nitrogen and oxygen atoms in total. The van der Waals surface area contributed by atoms with Crippen molar-refractivity contribution in [3.05, 3.63) is 29.8 Å². The summed E-state index contributed by atoms with van der Waals surface area (Å²) >= 11 is 0. The minimum absolute atomic E-state index is 0.341. The van der Waals surface area contributed by atoms with E-state index in [0.717, 1.165) is 24.3 Å². The van der Waals surface area contributed by atoms with Crippen LogP contribution in [0.3, 0.4) is 0 Å². The van der Waals surface area contributed by atoms with Gasteiger partial charge in [0.25, 0.3) is 0 Å². The van der Waals surface area contributed by atoms with E-state index in [-0.39, 0.29) is 0 Å². The van der Waals surface area contributed by atoms with Crippen LogP contribution in [0.25, 0.3) is 0 Å². The van der Waals surface area contributed by atoms with Crippen LogP contribution in [0.1, 0.15) is 18.9 Å². The van der Waals surface area contributed by atoms with Crippen molar-refractivity contribution in [2.24, 2.45) is 0 Å². The molecule has 1 rings (SSSR count). The lowest BCUT2D eigenvalue weighted by Gasteiger charge is -2.12. The Morgan fingerprint density at radius 3 is 2.94 bits per heavy atom. The molecule has 0 heterocycles. The van der Waals surface area contributed by atoms with Gasteiger partial charge in [0.2, 0.25) is 0 Å². The van der Waals surface area contributed by atoms with Crippen molar-refractivity contribution in [1.29, 1.82) is 0 Å². The lowest BCUT2D eigenvalue weighted by Crippen LogP contribution is -2.30. The minimum Gasteiger partial charge on any atom is -0.497 e. The Bertz CT molecular complexity index is 331. The minimum atomic E-state index is -0.456. The van der Waals surface area contributed by atoms with Gasteiger partial charge >= 0.3 is 0 Å². The maximum absolute atomic E-state index is 9.64. The largest absolute Gasteiger partial charge is 0.497 e. The van der Waals surface area contributed by atoms with E-state index in [0.29, 0.717) is 19.8 Å². The Labute approximate surface area is 109 Å². The summed E-state index contributed by atoms with van der Waals surface area (Å²) in [6.07, 6.45) is 0.611. The topological polar surface area (TPSA) is 50.7 Å². The summed E-state index contributed by atoms with van der Waals surface area (Å²) in [5, 5.41) is 12.8. The third kappa shape index (κ3) is 6.00. The second-order valence-corrected chi connectivity index (χ2v) is 4.22. The van der Waals surface area contributed by atoms with Gasteiger partial charge in [-0.15, -0.1) is 0 Å². The third-order valence-electron chi connectivity index (χ3n) is 2.52. The molecule has 2 N–H and O–H groups in total. The number of hydrogen-bond acceptors (Lipinski definition) is 4. The highest BCUT2D eigenvalue weighted by molar-refractivity contribution is 5.27. The van der Waals surface area contributed by atoms with E-state index in [4.69, 9.17) is 9.47 Å². The van der Waals surface area contributed by atoms with Gasteiger partial charge in [-0.1, -0.05) is 19.1 Å². The first-order valence-corrected chi connectivity index (χ1v) is 6.35. The fourth-order valence-electron chi connectivity index (χ4n) is 1.58. The van der Waals surface area contributed by atoms with Gasteiger partial charge < -0.3 is 19.9 Å². The molecule has 4 heteroatoms. The lowest BCUT2D eigenvalue weighted by molar-refractivity contribution is 0.0289. The molecule has 0 aromatic heterocycles. The summed E-state index contributed by atoms with van der Waals surface area (Å²) in [6.45, 7) is 4.42. The van der Waals surface area contributed by atoms with Crippen molar-refractivity contribution in [2.45, 2.75) is 26.1 Å². The van der Waals surface area contributed by atoms with Crippen molar-refractivity contribution < 1.29 is 14.6 Å². The number of rotatable bonds is 9. The van der Waals surface area contributed by atoms with Crippen molar-refractivity contribution >= 4 is 0 Å². The van der Waals surface area contributed by atoms with Crippen molar-refractivity contribution in [3.63, 3.8) is 0 Å². The smallest absolute Gasteiger partial charge is 0.119 e. The number of nitrogens with one attached hydrogen (secondary N) is 1. The van der Waals surface area contributed by atoms with Gasteiger partial charge in [0.05, 0.1) is 26.4 Å².